The number of halogens is 4. The van der Waals surface area contributed by atoms with E-state index >= 15 is 0 Å². The number of nitro groups is 1. The third-order valence-corrected chi connectivity index (χ3v) is 2.35. The number of aromatic nitrogens is 1. The van der Waals surface area contributed by atoms with Crippen molar-refractivity contribution in [2.24, 2.45) is 0 Å². The molecule has 0 amide bonds. The standard InChI is InChI=1S/C7H2ClF2IN2O3/c8-5(14)4-2(6(9)10)1-3(11)12-7(4)13(15)16/h1,6H. The Kier molecular flexibility index (Phi) is 4.08. The van der Waals surface area contributed by atoms with Gasteiger partial charge in [0.25, 0.3) is 11.7 Å². The van der Waals surface area contributed by atoms with Gasteiger partial charge in [0.2, 0.25) is 3.70 Å². The highest BCUT2D eigenvalue weighted by molar-refractivity contribution is 14.1. The van der Waals surface area contributed by atoms with Gasteiger partial charge in [-0.1, -0.05) is 0 Å². The quantitative estimate of drug-likeness (QED) is 0.272. The van der Waals surface area contributed by atoms with Crippen molar-refractivity contribution in [3.05, 3.63) is 31.0 Å². The molecule has 9 heteroatoms. The van der Waals surface area contributed by atoms with Crippen molar-refractivity contribution in [2.45, 2.75) is 6.43 Å². The van der Waals surface area contributed by atoms with E-state index in [2.05, 4.69) is 4.98 Å². The van der Waals surface area contributed by atoms with Crippen LogP contribution in [-0.4, -0.2) is 15.1 Å². The van der Waals surface area contributed by atoms with Crippen molar-refractivity contribution >= 4 is 45.3 Å². The molecule has 0 N–H and O–H groups in total. The number of nitrogens with zero attached hydrogens (tertiary/aromatic N) is 2. The van der Waals surface area contributed by atoms with Gasteiger partial charge >= 0.3 is 5.82 Å². The van der Waals surface area contributed by atoms with Crippen LogP contribution in [-0.2, 0) is 0 Å². The van der Waals surface area contributed by atoms with Gasteiger partial charge in [-0.15, -0.1) is 0 Å². The molecule has 1 heterocycles. The summed E-state index contributed by atoms with van der Waals surface area (Å²) in [5.74, 6) is -0.956. The number of alkyl halides is 2. The van der Waals surface area contributed by atoms with E-state index in [1.165, 1.54) is 22.6 Å². The average molecular weight is 362 g/mol. The molecular weight excluding hydrogens is 360 g/mol. The van der Waals surface area contributed by atoms with E-state index in [0.717, 1.165) is 6.07 Å². The molecule has 0 aromatic carbocycles. The Morgan fingerprint density at radius 2 is 2.19 bits per heavy atom. The molecule has 0 fully saturated rings. The summed E-state index contributed by atoms with van der Waals surface area (Å²) in [7, 11) is 0. The highest BCUT2D eigenvalue weighted by Gasteiger charge is 2.30. The van der Waals surface area contributed by atoms with Gasteiger partial charge in [0, 0.05) is 34.2 Å². The van der Waals surface area contributed by atoms with Crippen molar-refractivity contribution in [2.75, 3.05) is 0 Å². The Balaban J connectivity index is 3.60. The van der Waals surface area contributed by atoms with Crippen molar-refractivity contribution in [1.82, 2.24) is 4.98 Å². The summed E-state index contributed by atoms with van der Waals surface area (Å²) in [5, 5.41) is 9.21. The van der Waals surface area contributed by atoms with E-state index in [9.17, 15) is 23.7 Å². The van der Waals surface area contributed by atoms with Gasteiger partial charge in [-0.05, 0) is 21.5 Å². The number of hydrogen-bond donors (Lipinski definition) is 0. The van der Waals surface area contributed by atoms with E-state index in [4.69, 9.17) is 11.6 Å². The Morgan fingerprint density at radius 3 is 2.56 bits per heavy atom. The fourth-order valence-corrected chi connectivity index (χ4v) is 1.78. The molecule has 5 nitrogen and oxygen atoms in total. The third-order valence-electron chi connectivity index (χ3n) is 1.60. The summed E-state index contributed by atoms with van der Waals surface area (Å²) in [6.45, 7) is 0. The highest BCUT2D eigenvalue weighted by atomic mass is 127. The summed E-state index contributed by atoms with van der Waals surface area (Å²) in [6, 6.07) is 0.883. The number of hydrogen-bond acceptors (Lipinski definition) is 4. The van der Waals surface area contributed by atoms with Crippen LogP contribution in [0.25, 0.3) is 0 Å². The maximum Gasteiger partial charge on any atom is 0.377 e. The first-order chi connectivity index (χ1) is 7.34. The molecule has 0 unspecified atom stereocenters. The van der Waals surface area contributed by atoms with Crippen LogP contribution in [0.3, 0.4) is 0 Å². The molecule has 0 aliphatic carbocycles. The van der Waals surface area contributed by atoms with Crippen LogP contribution in [0.5, 0.6) is 0 Å². The lowest BCUT2D eigenvalue weighted by atomic mass is 10.1. The lowest BCUT2D eigenvalue weighted by Gasteiger charge is -2.04. The van der Waals surface area contributed by atoms with Gasteiger partial charge in [-0.3, -0.25) is 4.79 Å². The third kappa shape index (κ3) is 2.61. The summed E-state index contributed by atoms with van der Waals surface area (Å²) < 4.78 is 25.1. The monoisotopic (exact) mass is 362 g/mol. The minimum absolute atomic E-state index is 0.0127. The molecule has 86 valence electrons. The van der Waals surface area contributed by atoms with Crippen LogP contribution in [0.4, 0.5) is 14.6 Å². The molecule has 16 heavy (non-hydrogen) atoms. The van der Waals surface area contributed by atoms with Crippen LogP contribution in [0, 0.1) is 13.8 Å². The minimum atomic E-state index is -3.03. The second-order valence-electron chi connectivity index (χ2n) is 2.56. The number of pyridine rings is 1. The van der Waals surface area contributed by atoms with Crippen molar-refractivity contribution in [3.8, 4) is 0 Å². The Hall–Kier alpha value is -0.900. The first-order valence-corrected chi connectivity index (χ1v) is 5.13. The summed E-state index contributed by atoms with van der Waals surface area (Å²) in [5.41, 5.74) is -1.65. The summed E-state index contributed by atoms with van der Waals surface area (Å²) in [4.78, 5) is 23.8. The second kappa shape index (κ2) is 4.95. The van der Waals surface area contributed by atoms with E-state index in [-0.39, 0.29) is 3.70 Å². The smallest absolute Gasteiger partial charge is 0.358 e. The number of carbonyl (C=O) groups excluding carboxylic acids is 1. The van der Waals surface area contributed by atoms with E-state index in [0.29, 0.717) is 0 Å². The zero-order chi connectivity index (χ0) is 12.5. The molecule has 1 aromatic heterocycles. The largest absolute Gasteiger partial charge is 0.377 e. The van der Waals surface area contributed by atoms with Crippen LogP contribution in [0.15, 0.2) is 6.07 Å². The summed E-state index contributed by atoms with van der Waals surface area (Å²) >= 11 is 6.57. The molecule has 0 bridgehead atoms. The van der Waals surface area contributed by atoms with Crippen LogP contribution < -0.4 is 0 Å². The second-order valence-corrected chi connectivity index (χ2v) is 4.01. The van der Waals surface area contributed by atoms with E-state index < -0.39 is 33.5 Å². The molecule has 0 saturated heterocycles. The normalized spacial score (nSPS) is 10.6. The first kappa shape index (κ1) is 13.2. The maximum atomic E-state index is 12.5. The van der Waals surface area contributed by atoms with E-state index in [1.54, 1.807) is 0 Å². The Morgan fingerprint density at radius 1 is 1.62 bits per heavy atom. The molecule has 0 spiro atoms. The molecule has 0 saturated carbocycles. The Labute approximate surface area is 106 Å². The molecule has 0 aliphatic heterocycles. The van der Waals surface area contributed by atoms with Gasteiger partial charge in [-0.25, -0.2) is 8.78 Å². The van der Waals surface area contributed by atoms with E-state index in [1.807, 2.05) is 0 Å². The lowest BCUT2D eigenvalue weighted by Crippen LogP contribution is -2.07. The SMILES string of the molecule is O=C(Cl)c1c(C(F)F)cc(I)nc1[N+](=O)[O-]. The predicted octanol–water partition coefficient (Wildman–Crippen LogP) is 2.91. The fourth-order valence-electron chi connectivity index (χ4n) is 1.02. The number of carbonyl (C=O) groups is 1. The van der Waals surface area contributed by atoms with Gasteiger partial charge < -0.3 is 10.1 Å². The molecule has 0 atom stereocenters. The number of rotatable bonds is 3. The van der Waals surface area contributed by atoms with Crippen LogP contribution in [0.2, 0.25) is 0 Å². The first-order valence-electron chi connectivity index (χ1n) is 3.67. The zero-order valence-corrected chi connectivity index (χ0v) is 10.2. The zero-order valence-electron chi connectivity index (χ0n) is 7.29. The highest BCUT2D eigenvalue weighted by Crippen LogP contribution is 2.30. The van der Waals surface area contributed by atoms with Crippen molar-refractivity contribution in [1.29, 1.82) is 0 Å². The molecule has 0 aliphatic rings. The van der Waals surface area contributed by atoms with Gasteiger partial charge in [-0.2, -0.15) is 0 Å². The maximum absolute atomic E-state index is 12.5. The van der Waals surface area contributed by atoms with Crippen LogP contribution in [0.1, 0.15) is 22.3 Å². The summed E-state index contributed by atoms with van der Waals surface area (Å²) in [6.07, 6.45) is -3.03. The van der Waals surface area contributed by atoms with Crippen molar-refractivity contribution in [3.63, 3.8) is 0 Å². The fraction of sp³-hybridized carbons (Fsp3) is 0.143. The Bertz CT molecular complexity index is 469. The van der Waals surface area contributed by atoms with Gasteiger partial charge in [0.1, 0.15) is 5.56 Å². The predicted molar refractivity (Wildman–Crippen MR) is 58.7 cm³/mol. The molecule has 1 aromatic rings. The minimum Gasteiger partial charge on any atom is -0.358 e. The van der Waals surface area contributed by atoms with Crippen LogP contribution >= 0.6 is 34.2 Å². The topological polar surface area (TPSA) is 73.1 Å². The van der Waals surface area contributed by atoms with Gasteiger partial charge in [0.05, 0.1) is 0 Å². The molecular formula is C7H2ClF2IN2O3. The molecule has 1 rings (SSSR count). The molecule has 0 radical (unpaired) electrons. The average Bonchev–Trinajstić information content (AvgIpc) is 2.15. The van der Waals surface area contributed by atoms with Gasteiger partial charge in [0.15, 0.2) is 0 Å². The van der Waals surface area contributed by atoms with Crippen molar-refractivity contribution < 1.29 is 18.5 Å². The lowest BCUT2D eigenvalue weighted by molar-refractivity contribution is -0.390.